The standard InChI is InChI=1S/C15H19NO4S/c1-10-11(2)21(20)7-6-16(10)14(17)9-12-4-3-5-13(8-12)15(18)19/h3-5,8,10-11H,6-7,9H2,1-2H3,(H,18,19). The quantitative estimate of drug-likeness (QED) is 0.913. The van der Waals surface area contributed by atoms with Crippen LogP contribution in [0.25, 0.3) is 0 Å². The van der Waals surface area contributed by atoms with Crippen molar-refractivity contribution in [3.63, 3.8) is 0 Å². The summed E-state index contributed by atoms with van der Waals surface area (Å²) in [6.45, 7) is 4.30. The fourth-order valence-electron chi connectivity index (χ4n) is 2.49. The minimum Gasteiger partial charge on any atom is -0.478 e. The first kappa shape index (κ1) is 15.7. The van der Waals surface area contributed by atoms with Crippen molar-refractivity contribution in [3.05, 3.63) is 35.4 Å². The third kappa shape index (κ3) is 3.50. The van der Waals surface area contributed by atoms with Crippen LogP contribution in [0.4, 0.5) is 0 Å². The Kier molecular flexibility index (Phi) is 4.77. The molecular weight excluding hydrogens is 290 g/mol. The zero-order valence-corrected chi connectivity index (χ0v) is 12.9. The van der Waals surface area contributed by atoms with Crippen LogP contribution in [0.2, 0.25) is 0 Å². The number of carboxylic acids is 1. The molecule has 1 saturated heterocycles. The van der Waals surface area contributed by atoms with Gasteiger partial charge in [0.2, 0.25) is 5.91 Å². The first-order chi connectivity index (χ1) is 9.90. The summed E-state index contributed by atoms with van der Waals surface area (Å²) in [6, 6.07) is 6.36. The van der Waals surface area contributed by atoms with E-state index in [9.17, 15) is 13.8 Å². The van der Waals surface area contributed by atoms with E-state index in [1.54, 1.807) is 17.0 Å². The molecule has 0 spiro atoms. The number of carbonyl (C=O) groups is 2. The van der Waals surface area contributed by atoms with Crippen LogP contribution in [-0.2, 0) is 22.0 Å². The monoisotopic (exact) mass is 309 g/mol. The summed E-state index contributed by atoms with van der Waals surface area (Å²) >= 11 is 0. The Morgan fingerprint density at radius 2 is 2.10 bits per heavy atom. The van der Waals surface area contributed by atoms with Crippen LogP contribution in [-0.4, -0.2) is 49.7 Å². The Hall–Kier alpha value is -1.69. The fourth-order valence-corrected chi connectivity index (χ4v) is 3.83. The molecule has 1 amide bonds. The van der Waals surface area contributed by atoms with Gasteiger partial charge in [-0.05, 0) is 31.5 Å². The predicted molar refractivity (Wildman–Crippen MR) is 80.8 cm³/mol. The number of benzene rings is 1. The maximum atomic E-state index is 12.4. The van der Waals surface area contributed by atoms with E-state index in [1.807, 2.05) is 13.8 Å². The lowest BCUT2D eigenvalue weighted by Gasteiger charge is -2.37. The van der Waals surface area contributed by atoms with E-state index in [0.29, 0.717) is 17.9 Å². The van der Waals surface area contributed by atoms with Crippen LogP contribution < -0.4 is 0 Å². The first-order valence-corrected chi connectivity index (χ1v) is 8.27. The summed E-state index contributed by atoms with van der Waals surface area (Å²) in [4.78, 5) is 25.1. The summed E-state index contributed by atoms with van der Waals surface area (Å²) in [5.74, 6) is -0.542. The molecule has 3 unspecified atom stereocenters. The van der Waals surface area contributed by atoms with Crippen molar-refractivity contribution in [1.29, 1.82) is 0 Å². The Labute approximate surface area is 126 Å². The summed E-state index contributed by atoms with van der Waals surface area (Å²) in [5.41, 5.74) is 0.868. The van der Waals surface area contributed by atoms with E-state index in [2.05, 4.69) is 0 Å². The second kappa shape index (κ2) is 6.39. The lowest BCUT2D eigenvalue weighted by atomic mass is 10.1. The second-order valence-electron chi connectivity index (χ2n) is 5.30. The number of hydrogen-bond donors (Lipinski definition) is 1. The van der Waals surface area contributed by atoms with Crippen LogP contribution in [0.15, 0.2) is 24.3 Å². The normalized spacial score (nSPS) is 25.6. The molecule has 114 valence electrons. The smallest absolute Gasteiger partial charge is 0.335 e. The molecule has 0 bridgehead atoms. The molecule has 1 heterocycles. The average Bonchev–Trinajstić information content (AvgIpc) is 2.45. The lowest BCUT2D eigenvalue weighted by Crippen LogP contribution is -2.52. The van der Waals surface area contributed by atoms with Crippen molar-refractivity contribution in [2.24, 2.45) is 0 Å². The summed E-state index contributed by atoms with van der Waals surface area (Å²) in [7, 11) is -0.880. The van der Waals surface area contributed by atoms with Gasteiger partial charge in [-0.3, -0.25) is 9.00 Å². The van der Waals surface area contributed by atoms with Crippen molar-refractivity contribution in [1.82, 2.24) is 4.90 Å². The fraction of sp³-hybridized carbons (Fsp3) is 0.467. The molecule has 2 rings (SSSR count). The first-order valence-electron chi connectivity index (χ1n) is 6.89. The van der Waals surface area contributed by atoms with Gasteiger partial charge in [-0.1, -0.05) is 12.1 Å². The maximum absolute atomic E-state index is 12.4. The zero-order chi connectivity index (χ0) is 15.6. The molecular formula is C15H19NO4S. The minimum atomic E-state index is -1.00. The lowest BCUT2D eigenvalue weighted by molar-refractivity contribution is -0.132. The van der Waals surface area contributed by atoms with Gasteiger partial charge in [0.25, 0.3) is 0 Å². The molecule has 3 atom stereocenters. The summed E-state index contributed by atoms with van der Waals surface area (Å²) in [5, 5.41) is 8.93. The summed E-state index contributed by atoms with van der Waals surface area (Å²) in [6.07, 6.45) is 0.171. The van der Waals surface area contributed by atoms with Crippen molar-refractivity contribution >= 4 is 22.7 Å². The van der Waals surface area contributed by atoms with Crippen LogP contribution in [0, 0.1) is 0 Å². The molecule has 1 aromatic carbocycles. The molecule has 0 aromatic heterocycles. The van der Waals surface area contributed by atoms with Gasteiger partial charge < -0.3 is 10.0 Å². The average molecular weight is 309 g/mol. The number of amides is 1. The topological polar surface area (TPSA) is 74.7 Å². The Morgan fingerprint density at radius 3 is 2.76 bits per heavy atom. The number of carbonyl (C=O) groups excluding carboxylic acids is 1. The van der Waals surface area contributed by atoms with Gasteiger partial charge in [0.1, 0.15) is 0 Å². The van der Waals surface area contributed by atoms with Crippen LogP contribution in [0.5, 0.6) is 0 Å². The molecule has 1 aliphatic rings. The maximum Gasteiger partial charge on any atom is 0.335 e. The molecule has 1 aromatic rings. The van der Waals surface area contributed by atoms with Crippen molar-refractivity contribution in [2.45, 2.75) is 31.6 Å². The molecule has 0 saturated carbocycles. The largest absolute Gasteiger partial charge is 0.478 e. The van der Waals surface area contributed by atoms with E-state index in [1.165, 1.54) is 12.1 Å². The second-order valence-corrected chi connectivity index (χ2v) is 7.21. The van der Waals surface area contributed by atoms with Crippen molar-refractivity contribution < 1.29 is 18.9 Å². The minimum absolute atomic E-state index is 0.0342. The van der Waals surface area contributed by atoms with E-state index in [-0.39, 0.29) is 29.2 Å². The molecule has 5 nitrogen and oxygen atoms in total. The molecule has 21 heavy (non-hydrogen) atoms. The number of rotatable bonds is 3. The van der Waals surface area contributed by atoms with Crippen LogP contribution in [0.3, 0.4) is 0 Å². The summed E-state index contributed by atoms with van der Waals surface area (Å²) < 4.78 is 11.8. The zero-order valence-electron chi connectivity index (χ0n) is 12.1. The van der Waals surface area contributed by atoms with Crippen molar-refractivity contribution in [3.8, 4) is 0 Å². The third-order valence-corrected chi connectivity index (χ3v) is 5.78. The van der Waals surface area contributed by atoms with Gasteiger partial charge >= 0.3 is 5.97 Å². The number of nitrogens with zero attached hydrogens (tertiary/aromatic N) is 1. The Balaban J connectivity index is 2.09. The number of hydrogen-bond acceptors (Lipinski definition) is 3. The molecule has 1 N–H and O–H groups in total. The van der Waals surface area contributed by atoms with Crippen LogP contribution in [0.1, 0.15) is 29.8 Å². The molecule has 1 aliphatic heterocycles. The predicted octanol–water partition coefficient (Wildman–Crippen LogP) is 1.30. The highest BCUT2D eigenvalue weighted by molar-refractivity contribution is 7.85. The van der Waals surface area contributed by atoms with Gasteiger partial charge in [-0.2, -0.15) is 0 Å². The highest BCUT2D eigenvalue weighted by Crippen LogP contribution is 2.18. The molecule has 0 aliphatic carbocycles. The van der Waals surface area contributed by atoms with Gasteiger partial charge in [-0.25, -0.2) is 4.79 Å². The highest BCUT2D eigenvalue weighted by atomic mass is 32.2. The Bertz CT molecular complexity index is 587. The third-order valence-electron chi connectivity index (χ3n) is 3.97. The molecule has 1 fully saturated rings. The van der Waals surface area contributed by atoms with Gasteiger partial charge in [0.15, 0.2) is 0 Å². The van der Waals surface area contributed by atoms with Crippen molar-refractivity contribution in [2.75, 3.05) is 12.3 Å². The van der Waals surface area contributed by atoms with Gasteiger partial charge in [0.05, 0.1) is 17.2 Å². The Morgan fingerprint density at radius 1 is 1.38 bits per heavy atom. The van der Waals surface area contributed by atoms with E-state index < -0.39 is 16.8 Å². The van der Waals surface area contributed by atoms with Crippen LogP contribution >= 0.6 is 0 Å². The molecule has 6 heteroatoms. The number of carboxylic acid groups (broad SMARTS) is 1. The SMILES string of the molecule is CC1C(C)S(=O)CCN1C(=O)Cc1cccc(C(=O)O)c1. The van der Waals surface area contributed by atoms with E-state index in [4.69, 9.17) is 5.11 Å². The number of aromatic carboxylic acids is 1. The van der Waals surface area contributed by atoms with Gasteiger partial charge in [-0.15, -0.1) is 0 Å². The van der Waals surface area contributed by atoms with E-state index >= 15 is 0 Å². The van der Waals surface area contributed by atoms with Gasteiger partial charge in [0, 0.05) is 29.1 Å². The highest BCUT2D eigenvalue weighted by Gasteiger charge is 2.32. The van der Waals surface area contributed by atoms with E-state index in [0.717, 1.165) is 0 Å². The molecule has 0 radical (unpaired) electrons.